The van der Waals surface area contributed by atoms with Crippen molar-refractivity contribution < 1.29 is 14.3 Å². The minimum Gasteiger partial charge on any atom is -0.456 e. The fraction of sp³-hybridized carbons (Fsp3) is 0.562. The Kier molecular flexibility index (Phi) is 7.19. The number of carbonyl (C=O) groups excluding carboxylic acids is 1. The molecule has 0 aliphatic heterocycles. The Balaban J connectivity index is 2.75. The van der Waals surface area contributed by atoms with Gasteiger partial charge in [0.05, 0.1) is 12.2 Å². The molecule has 1 atom stereocenters. The standard InChI is InChI=1S/C16H24O3/c1-4-6-9-13-10-7-8-11-15(13)16(17)19-14(5-2)12-18-3/h7-8,10-11,14H,4-6,9,12H2,1-3H3. The van der Waals surface area contributed by atoms with Gasteiger partial charge in [0.15, 0.2) is 0 Å². The molecular formula is C16H24O3. The second kappa shape index (κ2) is 8.70. The summed E-state index contributed by atoms with van der Waals surface area (Å²) >= 11 is 0. The molecule has 1 unspecified atom stereocenters. The van der Waals surface area contributed by atoms with Gasteiger partial charge in [-0.1, -0.05) is 38.5 Å². The number of methoxy groups -OCH3 is 1. The molecule has 1 aromatic rings. The molecule has 1 aromatic carbocycles. The fourth-order valence-corrected chi connectivity index (χ4v) is 1.94. The average Bonchev–Trinajstić information content (AvgIpc) is 2.44. The van der Waals surface area contributed by atoms with E-state index in [2.05, 4.69) is 6.92 Å². The number of unbranched alkanes of at least 4 members (excludes halogenated alkanes) is 1. The van der Waals surface area contributed by atoms with Crippen LogP contribution < -0.4 is 0 Å². The Morgan fingerprint density at radius 2 is 2.00 bits per heavy atom. The Bertz CT molecular complexity index is 387. The summed E-state index contributed by atoms with van der Waals surface area (Å²) in [4.78, 5) is 12.2. The van der Waals surface area contributed by atoms with Crippen molar-refractivity contribution in [3.8, 4) is 0 Å². The zero-order valence-electron chi connectivity index (χ0n) is 12.1. The molecule has 0 bridgehead atoms. The van der Waals surface area contributed by atoms with Gasteiger partial charge in [-0.15, -0.1) is 0 Å². The van der Waals surface area contributed by atoms with Crippen molar-refractivity contribution in [2.75, 3.05) is 13.7 Å². The van der Waals surface area contributed by atoms with Crippen LogP contribution in [0, 0.1) is 0 Å². The van der Waals surface area contributed by atoms with Crippen LogP contribution in [0.15, 0.2) is 24.3 Å². The topological polar surface area (TPSA) is 35.5 Å². The lowest BCUT2D eigenvalue weighted by Crippen LogP contribution is -2.23. The lowest BCUT2D eigenvalue weighted by atomic mass is 10.0. The van der Waals surface area contributed by atoms with Gasteiger partial charge < -0.3 is 9.47 Å². The molecule has 0 saturated carbocycles. The second-order valence-corrected chi connectivity index (χ2v) is 4.65. The number of benzene rings is 1. The summed E-state index contributed by atoms with van der Waals surface area (Å²) in [6.07, 6.45) is 3.71. The third kappa shape index (κ3) is 5.03. The molecule has 0 aromatic heterocycles. The highest BCUT2D eigenvalue weighted by Crippen LogP contribution is 2.15. The summed E-state index contributed by atoms with van der Waals surface area (Å²) in [5.74, 6) is -0.240. The molecule has 106 valence electrons. The maximum absolute atomic E-state index is 12.2. The van der Waals surface area contributed by atoms with E-state index < -0.39 is 0 Å². The van der Waals surface area contributed by atoms with Crippen LogP contribution in [0.2, 0.25) is 0 Å². The predicted octanol–water partition coefficient (Wildman–Crippen LogP) is 3.61. The molecule has 0 aliphatic rings. The summed E-state index contributed by atoms with van der Waals surface area (Å²) in [7, 11) is 1.62. The van der Waals surface area contributed by atoms with Crippen molar-refractivity contribution in [3.05, 3.63) is 35.4 Å². The van der Waals surface area contributed by atoms with Gasteiger partial charge >= 0.3 is 5.97 Å². The number of rotatable bonds is 8. The van der Waals surface area contributed by atoms with E-state index in [9.17, 15) is 4.79 Å². The molecule has 0 saturated heterocycles. The summed E-state index contributed by atoms with van der Waals surface area (Å²) < 4.78 is 10.5. The van der Waals surface area contributed by atoms with Crippen LogP contribution in [0.25, 0.3) is 0 Å². The van der Waals surface area contributed by atoms with Crippen LogP contribution in [-0.2, 0) is 15.9 Å². The van der Waals surface area contributed by atoms with Crippen LogP contribution in [0.1, 0.15) is 49.0 Å². The van der Waals surface area contributed by atoms with E-state index in [0.29, 0.717) is 12.2 Å². The van der Waals surface area contributed by atoms with Gasteiger partial charge in [-0.2, -0.15) is 0 Å². The van der Waals surface area contributed by atoms with E-state index in [1.807, 2.05) is 31.2 Å². The highest BCUT2D eigenvalue weighted by atomic mass is 16.6. The maximum atomic E-state index is 12.2. The smallest absolute Gasteiger partial charge is 0.338 e. The van der Waals surface area contributed by atoms with Crippen LogP contribution in [0.4, 0.5) is 0 Å². The largest absolute Gasteiger partial charge is 0.456 e. The van der Waals surface area contributed by atoms with Crippen LogP contribution in [0.5, 0.6) is 0 Å². The third-order valence-electron chi connectivity index (χ3n) is 3.12. The first-order chi connectivity index (χ1) is 9.22. The molecule has 3 nitrogen and oxygen atoms in total. The molecule has 0 radical (unpaired) electrons. The minimum atomic E-state index is -0.240. The zero-order valence-corrected chi connectivity index (χ0v) is 12.1. The molecule has 0 aliphatic carbocycles. The molecule has 19 heavy (non-hydrogen) atoms. The lowest BCUT2D eigenvalue weighted by Gasteiger charge is -2.16. The quantitative estimate of drug-likeness (QED) is 0.673. The number of hydrogen-bond acceptors (Lipinski definition) is 3. The van der Waals surface area contributed by atoms with Gasteiger partial charge in [0.25, 0.3) is 0 Å². The third-order valence-corrected chi connectivity index (χ3v) is 3.12. The molecule has 0 fully saturated rings. The van der Waals surface area contributed by atoms with Gasteiger partial charge in [-0.3, -0.25) is 0 Å². The van der Waals surface area contributed by atoms with Crippen molar-refractivity contribution in [2.45, 2.75) is 45.6 Å². The number of hydrogen-bond donors (Lipinski definition) is 0. The lowest BCUT2D eigenvalue weighted by molar-refractivity contribution is 0.00464. The number of esters is 1. The molecule has 0 N–H and O–H groups in total. The fourth-order valence-electron chi connectivity index (χ4n) is 1.94. The number of ether oxygens (including phenoxy) is 2. The van der Waals surface area contributed by atoms with Gasteiger partial charge in [0.1, 0.15) is 6.10 Å². The van der Waals surface area contributed by atoms with Gasteiger partial charge in [0, 0.05) is 7.11 Å². The van der Waals surface area contributed by atoms with E-state index in [0.717, 1.165) is 31.2 Å². The average molecular weight is 264 g/mol. The number of carbonyl (C=O) groups is 1. The van der Waals surface area contributed by atoms with Crippen molar-refractivity contribution in [2.24, 2.45) is 0 Å². The SMILES string of the molecule is CCCCc1ccccc1C(=O)OC(CC)COC. The van der Waals surface area contributed by atoms with Gasteiger partial charge in [0.2, 0.25) is 0 Å². The molecule has 1 rings (SSSR count). The Morgan fingerprint density at radius 1 is 1.26 bits per heavy atom. The molecular weight excluding hydrogens is 240 g/mol. The highest BCUT2D eigenvalue weighted by Gasteiger charge is 2.16. The predicted molar refractivity (Wildman–Crippen MR) is 76.4 cm³/mol. The van der Waals surface area contributed by atoms with Gasteiger partial charge in [-0.05, 0) is 30.9 Å². The molecule has 0 heterocycles. The monoisotopic (exact) mass is 264 g/mol. The van der Waals surface area contributed by atoms with Crippen molar-refractivity contribution in [1.82, 2.24) is 0 Å². The summed E-state index contributed by atoms with van der Waals surface area (Å²) in [5.41, 5.74) is 1.76. The van der Waals surface area contributed by atoms with Crippen LogP contribution in [0.3, 0.4) is 0 Å². The minimum absolute atomic E-state index is 0.170. The summed E-state index contributed by atoms with van der Waals surface area (Å²) in [6.45, 7) is 4.58. The summed E-state index contributed by atoms with van der Waals surface area (Å²) in [5, 5.41) is 0. The Labute approximate surface area is 115 Å². The van der Waals surface area contributed by atoms with E-state index >= 15 is 0 Å². The zero-order chi connectivity index (χ0) is 14.1. The van der Waals surface area contributed by atoms with Crippen LogP contribution >= 0.6 is 0 Å². The van der Waals surface area contributed by atoms with Crippen LogP contribution in [-0.4, -0.2) is 25.8 Å². The molecule has 3 heteroatoms. The Morgan fingerprint density at radius 3 is 2.63 bits per heavy atom. The van der Waals surface area contributed by atoms with Crippen molar-refractivity contribution >= 4 is 5.97 Å². The first kappa shape index (κ1) is 15.7. The van der Waals surface area contributed by atoms with E-state index in [-0.39, 0.29) is 12.1 Å². The number of aryl methyl sites for hydroxylation is 1. The maximum Gasteiger partial charge on any atom is 0.338 e. The first-order valence-electron chi connectivity index (χ1n) is 7.00. The highest BCUT2D eigenvalue weighted by molar-refractivity contribution is 5.91. The van der Waals surface area contributed by atoms with Crippen molar-refractivity contribution in [3.63, 3.8) is 0 Å². The summed E-state index contributed by atoms with van der Waals surface area (Å²) in [6, 6.07) is 7.69. The van der Waals surface area contributed by atoms with Gasteiger partial charge in [-0.25, -0.2) is 4.79 Å². The van der Waals surface area contributed by atoms with E-state index in [1.165, 1.54) is 0 Å². The molecule has 0 spiro atoms. The second-order valence-electron chi connectivity index (χ2n) is 4.65. The normalized spacial score (nSPS) is 12.2. The Hall–Kier alpha value is -1.35. The van der Waals surface area contributed by atoms with E-state index in [4.69, 9.17) is 9.47 Å². The first-order valence-corrected chi connectivity index (χ1v) is 7.00. The van der Waals surface area contributed by atoms with E-state index in [1.54, 1.807) is 7.11 Å². The van der Waals surface area contributed by atoms with Crippen molar-refractivity contribution in [1.29, 1.82) is 0 Å². The molecule has 0 amide bonds.